The largest absolute Gasteiger partial charge is 0.381 e. The molecule has 1 fully saturated rings. The normalized spacial score (nSPS) is 18.9. The van der Waals surface area contributed by atoms with Crippen LogP contribution in [0.25, 0.3) is 0 Å². The smallest absolute Gasteiger partial charge is 0.0595 e. The summed E-state index contributed by atoms with van der Waals surface area (Å²) >= 11 is 0. The van der Waals surface area contributed by atoms with Crippen LogP contribution in [-0.4, -0.2) is 44.3 Å². The number of ether oxygens (including phenoxy) is 1. The second-order valence-corrected chi connectivity index (χ2v) is 6.27. The SMILES string of the molecule is CCNC(CN1CCC(OC)CC1)c1cc(C)cc(C)c1. The van der Waals surface area contributed by atoms with E-state index in [0.717, 1.165) is 39.0 Å². The van der Waals surface area contributed by atoms with Crippen molar-refractivity contribution < 1.29 is 4.74 Å². The zero-order valence-electron chi connectivity index (χ0n) is 14.0. The van der Waals surface area contributed by atoms with Crippen LogP contribution in [0, 0.1) is 13.8 Å². The number of benzene rings is 1. The number of rotatable bonds is 6. The molecule has 3 nitrogen and oxygen atoms in total. The Morgan fingerprint density at radius 1 is 1.19 bits per heavy atom. The van der Waals surface area contributed by atoms with Crippen molar-refractivity contribution in [2.75, 3.05) is 33.3 Å². The van der Waals surface area contributed by atoms with E-state index in [1.165, 1.54) is 16.7 Å². The van der Waals surface area contributed by atoms with Crippen molar-refractivity contribution in [3.8, 4) is 0 Å². The van der Waals surface area contributed by atoms with Crippen LogP contribution in [0.3, 0.4) is 0 Å². The first-order chi connectivity index (χ1) is 10.1. The molecule has 1 aromatic rings. The lowest BCUT2D eigenvalue weighted by Crippen LogP contribution is -2.41. The first kappa shape index (κ1) is 16.5. The van der Waals surface area contributed by atoms with Crippen LogP contribution < -0.4 is 5.32 Å². The molecule has 0 saturated carbocycles. The zero-order chi connectivity index (χ0) is 15.2. The fourth-order valence-corrected chi connectivity index (χ4v) is 3.33. The standard InChI is InChI=1S/C18H30N2O/c1-5-19-18(16-11-14(2)10-15(3)12-16)13-20-8-6-17(21-4)7-9-20/h10-12,17-19H,5-9,13H2,1-4H3. The third kappa shape index (κ3) is 4.80. The molecule has 1 saturated heterocycles. The third-order valence-electron chi connectivity index (χ3n) is 4.41. The summed E-state index contributed by atoms with van der Waals surface area (Å²) in [5.74, 6) is 0. The molecular formula is C18H30N2O. The van der Waals surface area contributed by atoms with Gasteiger partial charge in [-0.25, -0.2) is 0 Å². The van der Waals surface area contributed by atoms with Gasteiger partial charge in [0.1, 0.15) is 0 Å². The van der Waals surface area contributed by atoms with Gasteiger partial charge >= 0.3 is 0 Å². The molecular weight excluding hydrogens is 260 g/mol. The van der Waals surface area contributed by atoms with Crippen LogP contribution in [0.4, 0.5) is 0 Å². The molecule has 0 amide bonds. The van der Waals surface area contributed by atoms with Crippen LogP contribution in [0.5, 0.6) is 0 Å². The quantitative estimate of drug-likeness (QED) is 0.871. The summed E-state index contributed by atoms with van der Waals surface area (Å²) in [6.07, 6.45) is 2.77. The minimum absolute atomic E-state index is 0.424. The van der Waals surface area contributed by atoms with Gasteiger partial charge in [0.25, 0.3) is 0 Å². The van der Waals surface area contributed by atoms with E-state index in [9.17, 15) is 0 Å². The lowest BCUT2D eigenvalue weighted by atomic mass is 9.99. The van der Waals surface area contributed by atoms with Crippen LogP contribution in [-0.2, 0) is 4.74 Å². The van der Waals surface area contributed by atoms with Crippen LogP contribution in [0.2, 0.25) is 0 Å². The highest BCUT2D eigenvalue weighted by molar-refractivity contribution is 5.31. The molecule has 21 heavy (non-hydrogen) atoms. The van der Waals surface area contributed by atoms with Gasteiger partial charge in [0.15, 0.2) is 0 Å². The number of piperidine rings is 1. The Balaban J connectivity index is 2.02. The minimum Gasteiger partial charge on any atom is -0.381 e. The summed E-state index contributed by atoms with van der Waals surface area (Å²) in [6.45, 7) is 10.9. The summed E-state index contributed by atoms with van der Waals surface area (Å²) in [4.78, 5) is 2.57. The highest BCUT2D eigenvalue weighted by Gasteiger charge is 2.22. The average Bonchev–Trinajstić information content (AvgIpc) is 2.46. The van der Waals surface area contributed by atoms with Crippen molar-refractivity contribution in [1.29, 1.82) is 0 Å². The Morgan fingerprint density at radius 2 is 1.81 bits per heavy atom. The van der Waals surface area contributed by atoms with Gasteiger partial charge in [0.2, 0.25) is 0 Å². The van der Waals surface area contributed by atoms with E-state index < -0.39 is 0 Å². The maximum atomic E-state index is 5.47. The Hall–Kier alpha value is -0.900. The zero-order valence-corrected chi connectivity index (χ0v) is 14.0. The van der Waals surface area contributed by atoms with Gasteiger partial charge in [-0.1, -0.05) is 36.2 Å². The van der Waals surface area contributed by atoms with E-state index in [-0.39, 0.29) is 0 Å². The number of aryl methyl sites for hydroxylation is 2. The molecule has 0 bridgehead atoms. The number of nitrogens with zero attached hydrogens (tertiary/aromatic N) is 1. The topological polar surface area (TPSA) is 24.5 Å². The molecule has 0 spiro atoms. The number of likely N-dealkylation sites (N-methyl/N-ethyl adjacent to an activating group) is 1. The van der Waals surface area contributed by atoms with Crippen molar-refractivity contribution in [3.05, 3.63) is 34.9 Å². The maximum Gasteiger partial charge on any atom is 0.0595 e. The van der Waals surface area contributed by atoms with Crippen LogP contribution >= 0.6 is 0 Å². The molecule has 0 aromatic heterocycles. The average molecular weight is 290 g/mol. The first-order valence-corrected chi connectivity index (χ1v) is 8.19. The molecule has 0 aliphatic carbocycles. The first-order valence-electron chi connectivity index (χ1n) is 8.19. The maximum absolute atomic E-state index is 5.47. The highest BCUT2D eigenvalue weighted by Crippen LogP contribution is 2.21. The number of hydrogen-bond donors (Lipinski definition) is 1. The van der Waals surface area contributed by atoms with E-state index in [1.807, 2.05) is 7.11 Å². The number of hydrogen-bond acceptors (Lipinski definition) is 3. The number of methoxy groups -OCH3 is 1. The van der Waals surface area contributed by atoms with Gasteiger partial charge in [-0.15, -0.1) is 0 Å². The van der Waals surface area contributed by atoms with Crippen molar-refractivity contribution in [1.82, 2.24) is 10.2 Å². The van der Waals surface area contributed by atoms with Crippen molar-refractivity contribution >= 4 is 0 Å². The lowest BCUT2D eigenvalue weighted by molar-refractivity contribution is 0.0384. The predicted molar refractivity (Wildman–Crippen MR) is 88.8 cm³/mol. The van der Waals surface area contributed by atoms with Crippen molar-refractivity contribution in [2.24, 2.45) is 0 Å². The Bertz CT molecular complexity index is 419. The van der Waals surface area contributed by atoms with E-state index in [1.54, 1.807) is 0 Å². The molecule has 1 aromatic carbocycles. The number of likely N-dealkylation sites (tertiary alicyclic amines) is 1. The molecule has 1 atom stereocenters. The van der Waals surface area contributed by atoms with E-state index >= 15 is 0 Å². The minimum atomic E-state index is 0.424. The van der Waals surface area contributed by atoms with Crippen molar-refractivity contribution in [2.45, 2.75) is 45.8 Å². The Labute approximate surface area is 129 Å². The van der Waals surface area contributed by atoms with Gasteiger partial charge in [-0.05, 0) is 38.8 Å². The predicted octanol–water partition coefficient (Wildman–Crippen LogP) is 3.06. The van der Waals surface area contributed by atoms with Gasteiger partial charge in [0.05, 0.1) is 6.10 Å². The highest BCUT2D eigenvalue weighted by atomic mass is 16.5. The van der Waals surface area contributed by atoms with Crippen LogP contribution in [0.15, 0.2) is 18.2 Å². The molecule has 1 unspecified atom stereocenters. The van der Waals surface area contributed by atoms with Gasteiger partial charge < -0.3 is 15.0 Å². The lowest BCUT2D eigenvalue weighted by Gasteiger charge is -2.34. The monoisotopic (exact) mass is 290 g/mol. The summed E-state index contributed by atoms with van der Waals surface area (Å²) in [5.41, 5.74) is 4.13. The molecule has 2 rings (SSSR count). The summed E-state index contributed by atoms with van der Waals surface area (Å²) in [6, 6.07) is 7.31. The molecule has 0 radical (unpaired) electrons. The van der Waals surface area contributed by atoms with Crippen molar-refractivity contribution in [3.63, 3.8) is 0 Å². The summed E-state index contributed by atoms with van der Waals surface area (Å²) in [5, 5.41) is 3.65. The fraction of sp³-hybridized carbons (Fsp3) is 0.667. The van der Waals surface area contributed by atoms with Gasteiger partial charge in [-0.2, -0.15) is 0 Å². The molecule has 3 heteroatoms. The molecule has 1 heterocycles. The molecule has 1 aliphatic heterocycles. The van der Waals surface area contributed by atoms with E-state index in [2.05, 4.69) is 49.2 Å². The third-order valence-corrected chi connectivity index (χ3v) is 4.41. The molecule has 1 N–H and O–H groups in total. The summed E-state index contributed by atoms with van der Waals surface area (Å²) < 4.78 is 5.47. The molecule has 118 valence electrons. The van der Waals surface area contributed by atoms with E-state index in [0.29, 0.717) is 12.1 Å². The van der Waals surface area contributed by atoms with E-state index in [4.69, 9.17) is 4.74 Å². The Kier molecular flexibility index (Phi) is 6.22. The number of nitrogens with one attached hydrogen (secondary N) is 1. The van der Waals surface area contributed by atoms with Gasteiger partial charge in [0, 0.05) is 32.8 Å². The van der Waals surface area contributed by atoms with Gasteiger partial charge in [-0.3, -0.25) is 0 Å². The second-order valence-electron chi connectivity index (χ2n) is 6.27. The second kappa shape index (κ2) is 7.92. The fourth-order valence-electron chi connectivity index (χ4n) is 3.33. The summed E-state index contributed by atoms with van der Waals surface area (Å²) in [7, 11) is 1.83. The Morgan fingerprint density at radius 3 is 2.33 bits per heavy atom. The molecule has 1 aliphatic rings. The van der Waals surface area contributed by atoms with Crippen LogP contribution in [0.1, 0.15) is 42.5 Å².